The van der Waals surface area contributed by atoms with Gasteiger partial charge in [-0.25, -0.2) is 4.39 Å². The Balaban J connectivity index is 1.99. The van der Waals surface area contributed by atoms with Crippen molar-refractivity contribution in [1.29, 1.82) is 0 Å². The van der Waals surface area contributed by atoms with Crippen molar-refractivity contribution in [1.82, 2.24) is 5.32 Å². The largest absolute Gasteiger partial charge is 0.349 e. The molecule has 0 saturated heterocycles. The standard InChI is InChI=1S/C18H20FNO/c1-12-4-5-16(13(2)10-12)11-18(21)20-14(3)15-6-8-17(19)9-7-15/h4-10,14H,11H2,1-3H3,(H,20,21)/t14-/m0/s1. The molecule has 2 nitrogen and oxygen atoms in total. The van der Waals surface area contributed by atoms with Crippen molar-refractivity contribution in [2.45, 2.75) is 33.2 Å². The second-order valence-electron chi connectivity index (χ2n) is 5.45. The summed E-state index contributed by atoms with van der Waals surface area (Å²) in [5.74, 6) is -0.300. The number of carbonyl (C=O) groups is 1. The highest BCUT2D eigenvalue weighted by atomic mass is 19.1. The van der Waals surface area contributed by atoms with Gasteiger partial charge in [0.05, 0.1) is 12.5 Å². The Morgan fingerprint density at radius 2 is 1.81 bits per heavy atom. The van der Waals surface area contributed by atoms with E-state index in [0.717, 1.165) is 16.7 Å². The maximum atomic E-state index is 12.9. The van der Waals surface area contributed by atoms with Crippen LogP contribution < -0.4 is 5.32 Å². The van der Waals surface area contributed by atoms with Crippen molar-refractivity contribution in [2.24, 2.45) is 0 Å². The highest BCUT2D eigenvalue weighted by Gasteiger charge is 2.11. The zero-order valence-electron chi connectivity index (χ0n) is 12.6. The third kappa shape index (κ3) is 4.15. The van der Waals surface area contributed by atoms with Gasteiger partial charge in [0.2, 0.25) is 5.91 Å². The molecule has 1 N–H and O–H groups in total. The number of hydrogen-bond donors (Lipinski definition) is 1. The summed E-state index contributed by atoms with van der Waals surface area (Å²) in [6.07, 6.45) is 0.359. The van der Waals surface area contributed by atoms with Gasteiger partial charge in [0.25, 0.3) is 0 Å². The van der Waals surface area contributed by atoms with Gasteiger partial charge in [0.1, 0.15) is 5.82 Å². The molecule has 21 heavy (non-hydrogen) atoms. The predicted molar refractivity (Wildman–Crippen MR) is 82.6 cm³/mol. The molecule has 0 aliphatic carbocycles. The van der Waals surface area contributed by atoms with Crippen LogP contribution in [0, 0.1) is 19.7 Å². The van der Waals surface area contributed by atoms with Gasteiger partial charge in [0, 0.05) is 0 Å². The fourth-order valence-corrected chi connectivity index (χ4v) is 2.34. The molecule has 0 radical (unpaired) electrons. The van der Waals surface area contributed by atoms with Crippen LogP contribution in [0.3, 0.4) is 0 Å². The van der Waals surface area contributed by atoms with Crippen LogP contribution in [0.4, 0.5) is 4.39 Å². The van der Waals surface area contributed by atoms with E-state index in [9.17, 15) is 9.18 Å². The van der Waals surface area contributed by atoms with Crippen molar-refractivity contribution in [3.05, 3.63) is 70.5 Å². The third-order valence-electron chi connectivity index (χ3n) is 3.60. The van der Waals surface area contributed by atoms with Crippen LogP contribution >= 0.6 is 0 Å². The molecule has 0 fully saturated rings. The minimum Gasteiger partial charge on any atom is -0.349 e. The first kappa shape index (κ1) is 15.2. The zero-order valence-corrected chi connectivity index (χ0v) is 12.6. The summed E-state index contributed by atoms with van der Waals surface area (Å²) >= 11 is 0. The summed E-state index contributed by atoms with van der Waals surface area (Å²) < 4.78 is 12.9. The molecule has 3 heteroatoms. The van der Waals surface area contributed by atoms with E-state index in [0.29, 0.717) is 6.42 Å². The number of amides is 1. The molecule has 0 bridgehead atoms. The molecule has 2 aromatic rings. The van der Waals surface area contributed by atoms with Crippen LogP contribution in [-0.2, 0) is 11.2 Å². The second kappa shape index (κ2) is 6.53. The Morgan fingerprint density at radius 3 is 2.43 bits per heavy atom. The first-order valence-electron chi connectivity index (χ1n) is 7.06. The molecule has 1 amide bonds. The number of halogens is 1. The van der Waals surface area contributed by atoms with Crippen LogP contribution in [0.15, 0.2) is 42.5 Å². The Bertz CT molecular complexity index is 634. The lowest BCUT2D eigenvalue weighted by Crippen LogP contribution is -2.28. The lowest BCUT2D eigenvalue weighted by Gasteiger charge is -2.15. The average molecular weight is 285 g/mol. The highest BCUT2D eigenvalue weighted by Crippen LogP contribution is 2.15. The summed E-state index contributed by atoms with van der Waals surface area (Å²) in [5, 5.41) is 2.94. The van der Waals surface area contributed by atoms with E-state index in [1.165, 1.54) is 17.7 Å². The van der Waals surface area contributed by atoms with Crippen LogP contribution in [0.5, 0.6) is 0 Å². The van der Waals surface area contributed by atoms with E-state index in [1.807, 2.05) is 32.9 Å². The van der Waals surface area contributed by atoms with Crippen molar-refractivity contribution in [3.8, 4) is 0 Å². The SMILES string of the molecule is Cc1ccc(CC(=O)N[C@@H](C)c2ccc(F)cc2)c(C)c1. The molecule has 0 heterocycles. The molecular formula is C18H20FNO. The molecular weight excluding hydrogens is 265 g/mol. The molecule has 0 unspecified atom stereocenters. The number of carbonyl (C=O) groups excluding carboxylic acids is 1. The average Bonchev–Trinajstić information content (AvgIpc) is 2.42. The van der Waals surface area contributed by atoms with E-state index in [-0.39, 0.29) is 17.8 Å². The first-order valence-corrected chi connectivity index (χ1v) is 7.06. The van der Waals surface area contributed by atoms with Crippen molar-refractivity contribution in [3.63, 3.8) is 0 Å². The Morgan fingerprint density at radius 1 is 1.14 bits per heavy atom. The molecule has 0 aliphatic heterocycles. The lowest BCUT2D eigenvalue weighted by atomic mass is 10.0. The van der Waals surface area contributed by atoms with Crippen LogP contribution in [-0.4, -0.2) is 5.91 Å². The molecule has 0 spiro atoms. The molecule has 2 rings (SSSR count). The van der Waals surface area contributed by atoms with Gasteiger partial charge in [-0.3, -0.25) is 4.79 Å². The maximum Gasteiger partial charge on any atom is 0.224 e. The van der Waals surface area contributed by atoms with E-state index >= 15 is 0 Å². The lowest BCUT2D eigenvalue weighted by molar-refractivity contribution is -0.121. The number of aryl methyl sites for hydroxylation is 2. The number of rotatable bonds is 4. The van der Waals surface area contributed by atoms with E-state index < -0.39 is 0 Å². The van der Waals surface area contributed by atoms with Gasteiger partial charge in [0.15, 0.2) is 0 Å². The van der Waals surface area contributed by atoms with Crippen LogP contribution in [0.1, 0.15) is 35.2 Å². The van der Waals surface area contributed by atoms with E-state index in [2.05, 4.69) is 11.4 Å². The Kier molecular flexibility index (Phi) is 4.73. The van der Waals surface area contributed by atoms with Gasteiger partial charge in [-0.15, -0.1) is 0 Å². The highest BCUT2D eigenvalue weighted by molar-refractivity contribution is 5.79. The first-order chi connectivity index (χ1) is 9.95. The van der Waals surface area contributed by atoms with Gasteiger partial charge in [-0.1, -0.05) is 35.9 Å². The maximum absolute atomic E-state index is 12.9. The smallest absolute Gasteiger partial charge is 0.224 e. The van der Waals surface area contributed by atoms with Gasteiger partial charge >= 0.3 is 0 Å². The Hall–Kier alpha value is -2.16. The summed E-state index contributed by atoms with van der Waals surface area (Å²) in [6.45, 7) is 5.94. The molecule has 0 aliphatic rings. The number of nitrogens with one attached hydrogen (secondary N) is 1. The van der Waals surface area contributed by atoms with E-state index in [4.69, 9.17) is 0 Å². The van der Waals surface area contributed by atoms with Crippen LogP contribution in [0.25, 0.3) is 0 Å². The second-order valence-corrected chi connectivity index (χ2v) is 5.45. The van der Waals surface area contributed by atoms with Crippen molar-refractivity contribution >= 4 is 5.91 Å². The molecule has 0 aromatic heterocycles. The summed E-state index contributed by atoms with van der Waals surface area (Å²) in [7, 11) is 0. The molecule has 110 valence electrons. The number of hydrogen-bond acceptors (Lipinski definition) is 1. The minimum atomic E-state index is -0.271. The van der Waals surface area contributed by atoms with Gasteiger partial charge in [-0.2, -0.15) is 0 Å². The topological polar surface area (TPSA) is 29.1 Å². The van der Waals surface area contributed by atoms with E-state index in [1.54, 1.807) is 12.1 Å². The quantitative estimate of drug-likeness (QED) is 0.908. The summed E-state index contributed by atoms with van der Waals surface area (Å²) in [5.41, 5.74) is 4.24. The molecule has 2 aromatic carbocycles. The molecule has 1 atom stereocenters. The fraction of sp³-hybridized carbons (Fsp3) is 0.278. The predicted octanol–water partition coefficient (Wildman–Crippen LogP) is 3.86. The summed E-state index contributed by atoms with van der Waals surface area (Å²) in [6, 6.07) is 12.1. The van der Waals surface area contributed by atoms with Crippen LogP contribution in [0.2, 0.25) is 0 Å². The monoisotopic (exact) mass is 285 g/mol. The zero-order chi connectivity index (χ0) is 15.4. The summed E-state index contributed by atoms with van der Waals surface area (Å²) in [4.78, 5) is 12.1. The third-order valence-corrected chi connectivity index (χ3v) is 3.60. The van der Waals surface area contributed by atoms with Crippen molar-refractivity contribution < 1.29 is 9.18 Å². The Labute approximate surface area is 125 Å². The van der Waals surface area contributed by atoms with Gasteiger partial charge < -0.3 is 5.32 Å². The fourth-order valence-electron chi connectivity index (χ4n) is 2.34. The normalized spacial score (nSPS) is 12.0. The number of benzene rings is 2. The van der Waals surface area contributed by atoms with Gasteiger partial charge in [-0.05, 0) is 49.6 Å². The van der Waals surface area contributed by atoms with Crippen molar-refractivity contribution in [2.75, 3.05) is 0 Å². The minimum absolute atomic E-state index is 0.0289. The molecule has 0 saturated carbocycles.